The minimum absolute atomic E-state index is 0.108. The van der Waals surface area contributed by atoms with Gasteiger partial charge in [-0.1, -0.05) is 18.5 Å². The van der Waals surface area contributed by atoms with Gasteiger partial charge in [0.15, 0.2) is 18.3 Å². The van der Waals surface area contributed by atoms with Gasteiger partial charge in [-0.15, -0.1) is 0 Å². The average molecular weight is 419 g/mol. The van der Waals surface area contributed by atoms with E-state index in [0.717, 1.165) is 16.9 Å². The summed E-state index contributed by atoms with van der Waals surface area (Å²) in [6.07, 6.45) is 0. The van der Waals surface area contributed by atoms with E-state index in [1.165, 1.54) is 0 Å². The van der Waals surface area contributed by atoms with E-state index in [1.807, 2.05) is 30.0 Å². The molecule has 0 radical (unpaired) electrons. The van der Waals surface area contributed by atoms with Crippen LogP contribution in [0.2, 0.25) is 5.02 Å². The third kappa shape index (κ3) is 4.75. The average Bonchev–Trinajstić information content (AvgIpc) is 2.73. The number of rotatable bonds is 6. The number of ether oxygens (including phenoxy) is 4. The number of nitrogens with one attached hydrogen (secondary N) is 1. The maximum absolute atomic E-state index is 12.6. The van der Waals surface area contributed by atoms with Crippen LogP contribution in [-0.4, -0.2) is 43.9 Å². The molecule has 2 aliphatic rings. The van der Waals surface area contributed by atoms with Crippen LogP contribution in [0.25, 0.3) is 0 Å². The molecule has 154 valence electrons. The van der Waals surface area contributed by atoms with Crippen molar-refractivity contribution in [2.45, 2.75) is 20.1 Å². The summed E-state index contributed by atoms with van der Waals surface area (Å²) < 4.78 is 22.1. The van der Waals surface area contributed by atoms with E-state index in [1.54, 1.807) is 12.1 Å². The van der Waals surface area contributed by atoms with Crippen LogP contribution in [0.3, 0.4) is 0 Å². The first-order chi connectivity index (χ1) is 14.1. The second-order valence-electron chi connectivity index (χ2n) is 6.87. The Morgan fingerprint density at radius 1 is 1.14 bits per heavy atom. The number of likely N-dealkylation sites (N-methyl/N-ethyl adjacent to an activating group) is 1. The lowest BCUT2D eigenvalue weighted by atomic mass is 10.1. The van der Waals surface area contributed by atoms with Gasteiger partial charge in [-0.05, 0) is 30.8 Å². The lowest BCUT2D eigenvalue weighted by Crippen LogP contribution is -2.33. The van der Waals surface area contributed by atoms with Crippen LogP contribution in [0.15, 0.2) is 30.3 Å². The van der Waals surface area contributed by atoms with Crippen molar-refractivity contribution < 1.29 is 23.7 Å². The molecule has 0 fully saturated rings. The summed E-state index contributed by atoms with van der Waals surface area (Å²) in [5.41, 5.74) is 2.55. The lowest BCUT2D eigenvalue weighted by molar-refractivity contribution is -0.117. The molecule has 8 heteroatoms. The maximum Gasteiger partial charge on any atom is 0.238 e. The molecule has 0 aromatic heterocycles. The van der Waals surface area contributed by atoms with Gasteiger partial charge in [0.05, 0.1) is 13.2 Å². The Bertz CT molecular complexity index is 905. The number of amides is 1. The first-order valence-electron chi connectivity index (χ1n) is 9.56. The Hall–Kier alpha value is -2.48. The van der Waals surface area contributed by atoms with Gasteiger partial charge in [0, 0.05) is 34.4 Å². The van der Waals surface area contributed by atoms with Gasteiger partial charge in [-0.2, -0.15) is 0 Å². The smallest absolute Gasteiger partial charge is 0.238 e. The van der Waals surface area contributed by atoms with Crippen molar-refractivity contribution >= 4 is 23.2 Å². The molecule has 4 rings (SSSR count). The molecule has 2 aromatic rings. The van der Waals surface area contributed by atoms with E-state index in [9.17, 15) is 4.79 Å². The van der Waals surface area contributed by atoms with Gasteiger partial charge < -0.3 is 24.3 Å². The molecular formula is C21H23ClN2O5. The Balaban J connectivity index is 1.42. The zero-order valence-electron chi connectivity index (χ0n) is 16.2. The molecule has 0 saturated heterocycles. The second kappa shape index (κ2) is 8.90. The van der Waals surface area contributed by atoms with Gasteiger partial charge in [-0.25, -0.2) is 0 Å². The molecule has 7 nitrogen and oxygen atoms in total. The SMILES string of the molecule is CCN(CC(=O)Nc1ccc2c(c1)OCCO2)Cc1cc(Cl)cc2c1OCOC2. The summed E-state index contributed by atoms with van der Waals surface area (Å²) in [7, 11) is 0. The molecule has 2 aliphatic heterocycles. The molecule has 0 unspecified atom stereocenters. The molecule has 1 N–H and O–H groups in total. The second-order valence-corrected chi connectivity index (χ2v) is 7.31. The normalized spacial score (nSPS) is 14.9. The molecule has 0 bridgehead atoms. The molecule has 1 amide bonds. The van der Waals surface area contributed by atoms with Crippen molar-refractivity contribution in [3.63, 3.8) is 0 Å². The van der Waals surface area contributed by atoms with E-state index in [0.29, 0.717) is 55.1 Å². The largest absolute Gasteiger partial charge is 0.486 e. The number of hydrogen-bond acceptors (Lipinski definition) is 6. The molecule has 2 heterocycles. The van der Waals surface area contributed by atoms with E-state index in [2.05, 4.69) is 5.32 Å². The van der Waals surface area contributed by atoms with Crippen molar-refractivity contribution in [1.82, 2.24) is 4.90 Å². The van der Waals surface area contributed by atoms with Crippen LogP contribution in [0, 0.1) is 0 Å². The Labute approximate surface area is 174 Å². The summed E-state index contributed by atoms with van der Waals surface area (Å²) in [5, 5.41) is 3.55. The third-order valence-corrected chi connectivity index (χ3v) is 5.00. The number of carbonyl (C=O) groups excluding carboxylic acids is 1. The predicted molar refractivity (Wildman–Crippen MR) is 109 cm³/mol. The van der Waals surface area contributed by atoms with E-state index in [4.69, 9.17) is 30.5 Å². The maximum atomic E-state index is 12.6. The van der Waals surface area contributed by atoms with Gasteiger partial charge in [0.2, 0.25) is 5.91 Å². The summed E-state index contributed by atoms with van der Waals surface area (Å²) >= 11 is 6.25. The summed E-state index contributed by atoms with van der Waals surface area (Å²) in [6, 6.07) is 9.13. The minimum atomic E-state index is -0.108. The highest BCUT2D eigenvalue weighted by molar-refractivity contribution is 6.30. The van der Waals surface area contributed by atoms with Gasteiger partial charge in [0.25, 0.3) is 0 Å². The van der Waals surface area contributed by atoms with Crippen molar-refractivity contribution in [2.75, 3.05) is 38.4 Å². The standard InChI is InChI=1S/C21H23ClN2O5/c1-2-24(10-14-7-16(22)8-15-12-26-13-29-21(14)15)11-20(25)23-17-3-4-18-19(9-17)28-6-5-27-18/h3-4,7-9H,2,5-6,10-13H2,1H3,(H,23,25). The van der Waals surface area contributed by atoms with Crippen LogP contribution in [0.5, 0.6) is 17.2 Å². The third-order valence-electron chi connectivity index (χ3n) is 4.79. The highest BCUT2D eigenvalue weighted by Gasteiger charge is 2.19. The molecule has 2 aromatic carbocycles. The number of benzene rings is 2. The molecule has 0 atom stereocenters. The number of nitrogens with zero attached hydrogens (tertiary/aromatic N) is 1. The fourth-order valence-electron chi connectivity index (χ4n) is 3.42. The van der Waals surface area contributed by atoms with Crippen LogP contribution >= 0.6 is 11.6 Å². The molecular weight excluding hydrogens is 396 g/mol. The van der Waals surface area contributed by atoms with E-state index < -0.39 is 0 Å². The fraction of sp³-hybridized carbons (Fsp3) is 0.381. The Morgan fingerprint density at radius 2 is 1.97 bits per heavy atom. The predicted octanol–water partition coefficient (Wildman–Crippen LogP) is 3.44. The van der Waals surface area contributed by atoms with Crippen molar-refractivity contribution in [3.05, 3.63) is 46.5 Å². The topological polar surface area (TPSA) is 69.3 Å². The molecule has 0 saturated carbocycles. The lowest BCUT2D eigenvalue weighted by Gasteiger charge is -2.25. The van der Waals surface area contributed by atoms with Gasteiger partial charge in [-0.3, -0.25) is 9.69 Å². The zero-order valence-corrected chi connectivity index (χ0v) is 17.0. The monoisotopic (exact) mass is 418 g/mol. The summed E-state index contributed by atoms with van der Waals surface area (Å²) in [5.74, 6) is 2.03. The van der Waals surface area contributed by atoms with Crippen LogP contribution in [0.1, 0.15) is 18.1 Å². The van der Waals surface area contributed by atoms with Crippen LogP contribution in [0.4, 0.5) is 5.69 Å². The fourth-order valence-corrected chi connectivity index (χ4v) is 3.68. The summed E-state index contributed by atoms with van der Waals surface area (Å²) in [6.45, 7) is 5.23. The highest BCUT2D eigenvalue weighted by Crippen LogP contribution is 2.33. The van der Waals surface area contributed by atoms with Crippen molar-refractivity contribution in [2.24, 2.45) is 0 Å². The summed E-state index contributed by atoms with van der Waals surface area (Å²) in [4.78, 5) is 14.6. The van der Waals surface area contributed by atoms with Crippen molar-refractivity contribution in [3.8, 4) is 17.2 Å². The van der Waals surface area contributed by atoms with E-state index >= 15 is 0 Å². The number of carbonyl (C=O) groups is 1. The number of halogens is 1. The molecule has 0 aliphatic carbocycles. The highest BCUT2D eigenvalue weighted by atomic mass is 35.5. The Kier molecular flexibility index (Phi) is 6.08. The Morgan fingerprint density at radius 3 is 2.79 bits per heavy atom. The number of hydrogen-bond donors (Lipinski definition) is 1. The quantitative estimate of drug-likeness (QED) is 0.775. The van der Waals surface area contributed by atoms with Crippen LogP contribution < -0.4 is 19.5 Å². The van der Waals surface area contributed by atoms with Crippen LogP contribution in [-0.2, 0) is 22.7 Å². The minimum Gasteiger partial charge on any atom is -0.486 e. The van der Waals surface area contributed by atoms with E-state index in [-0.39, 0.29) is 19.2 Å². The van der Waals surface area contributed by atoms with Gasteiger partial charge in [0.1, 0.15) is 19.0 Å². The van der Waals surface area contributed by atoms with Crippen molar-refractivity contribution in [1.29, 1.82) is 0 Å². The molecule has 29 heavy (non-hydrogen) atoms. The molecule has 0 spiro atoms. The number of anilines is 1. The van der Waals surface area contributed by atoms with Gasteiger partial charge >= 0.3 is 0 Å². The number of fused-ring (bicyclic) bond motifs is 2. The first-order valence-corrected chi connectivity index (χ1v) is 9.94. The first kappa shape index (κ1) is 19.8. The zero-order chi connectivity index (χ0) is 20.2.